The lowest BCUT2D eigenvalue weighted by Crippen LogP contribution is -2.34. The van der Waals surface area contributed by atoms with Gasteiger partial charge in [-0.1, -0.05) is 24.6 Å². The first-order chi connectivity index (χ1) is 11.0. The molecule has 0 aromatic carbocycles. The molecule has 1 aliphatic carbocycles. The van der Waals surface area contributed by atoms with Crippen LogP contribution >= 0.6 is 11.8 Å². The van der Waals surface area contributed by atoms with Gasteiger partial charge in [0, 0.05) is 11.7 Å². The Balaban J connectivity index is 1.63. The van der Waals surface area contributed by atoms with Crippen LogP contribution in [0.3, 0.4) is 0 Å². The Labute approximate surface area is 138 Å². The molecule has 3 N–H and O–H groups in total. The van der Waals surface area contributed by atoms with E-state index in [0.29, 0.717) is 17.1 Å². The number of aromatic nitrogens is 5. The number of amides is 1. The van der Waals surface area contributed by atoms with Crippen LogP contribution in [0.4, 0.5) is 0 Å². The van der Waals surface area contributed by atoms with Crippen LogP contribution in [0.25, 0.3) is 5.95 Å². The Morgan fingerprint density at radius 3 is 2.78 bits per heavy atom. The van der Waals surface area contributed by atoms with Crippen molar-refractivity contribution in [1.29, 1.82) is 0 Å². The van der Waals surface area contributed by atoms with Gasteiger partial charge in [-0.05, 0) is 32.8 Å². The molecule has 0 bridgehead atoms. The number of hydrogen-bond donors (Lipinski definition) is 2. The van der Waals surface area contributed by atoms with Crippen molar-refractivity contribution in [3.8, 4) is 5.95 Å². The number of rotatable bonds is 5. The standard InChI is InChI=1S/C14H21N7OS/c1-9-7-10(2)21(19-9)13-17-18-14(20(13)15)23-8-12(22)16-11-5-3-4-6-11/h7,11H,3-6,8,15H2,1-2H3,(H,16,22). The van der Waals surface area contributed by atoms with Gasteiger partial charge in [0.2, 0.25) is 11.1 Å². The van der Waals surface area contributed by atoms with Crippen LogP contribution in [0.15, 0.2) is 11.2 Å². The lowest BCUT2D eigenvalue weighted by atomic mass is 10.2. The van der Waals surface area contributed by atoms with Gasteiger partial charge in [-0.25, -0.2) is 9.36 Å². The molecule has 8 nitrogen and oxygen atoms in total. The number of carbonyl (C=O) groups excluding carboxylic acids is 1. The Kier molecular flexibility index (Phi) is 4.56. The van der Waals surface area contributed by atoms with Gasteiger partial charge in [-0.2, -0.15) is 5.10 Å². The molecule has 0 aliphatic heterocycles. The molecule has 1 saturated carbocycles. The monoisotopic (exact) mass is 335 g/mol. The molecular weight excluding hydrogens is 314 g/mol. The second-order valence-corrected chi connectivity index (χ2v) is 6.77. The van der Waals surface area contributed by atoms with E-state index < -0.39 is 0 Å². The van der Waals surface area contributed by atoms with E-state index >= 15 is 0 Å². The summed E-state index contributed by atoms with van der Waals surface area (Å²) in [5.41, 5.74) is 1.81. The molecule has 0 spiro atoms. The lowest BCUT2D eigenvalue weighted by molar-refractivity contribution is -0.119. The average molecular weight is 335 g/mol. The number of aryl methyl sites for hydroxylation is 2. The largest absolute Gasteiger partial charge is 0.353 e. The van der Waals surface area contributed by atoms with E-state index in [2.05, 4.69) is 20.6 Å². The van der Waals surface area contributed by atoms with Crippen molar-refractivity contribution in [2.75, 3.05) is 11.6 Å². The third kappa shape index (κ3) is 3.49. The highest BCUT2D eigenvalue weighted by Gasteiger charge is 2.19. The van der Waals surface area contributed by atoms with E-state index in [4.69, 9.17) is 5.84 Å². The molecule has 0 saturated heterocycles. The quantitative estimate of drug-likeness (QED) is 0.623. The minimum atomic E-state index is 0.0116. The molecule has 1 amide bonds. The SMILES string of the molecule is Cc1cc(C)n(-c2nnc(SCC(=O)NC3CCCC3)n2N)n1. The number of nitrogens with one attached hydrogen (secondary N) is 1. The average Bonchev–Trinajstić information content (AvgIpc) is 3.19. The molecule has 2 aromatic rings. The van der Waals surface area contributed by atoms with Gasteiger partial charge in [0.05, 0.1) is 11.4 Å². The van der Waals surface area contributed by atoms with E-state index in [0.717, 1.165) is 24.2 Å². The van der Waals surface area contributed by atoms with Gasteiger partial charge in [-0.3, -0.25) is 4.79 Å². The fourth-order valence-electron chi connectivity index (χ4n) is 2.81. The second kappa shape index (κ2) is 6.61. The Bertz CT molecular complexity index is 702. The molecule has 0 radical (unpaired) electrons. The number of nitrogens with zero attached hydrogens (tertiary/aromatic N) is 5. The maximum absolute atomic E-state index is 12.0. The van der Waals surface area contributed by atoms with Crippen LogP contribution in [0, 0.1) is 13.8 Å². The van der Waals surface area contributed by atoms with Crippen molar-refractivity contribution in [3.63, 3.8) is 0 Å². The summed E-state index contributed by atoms with van der Waals surface area (Å²) in [6, 6.07) is 2.26. The van der Waals surface area contributed by atoms with Crippen molar-refractivity contribution >= 4 is 17.7 Å². The van der Waals surface area contributed by atoms with E-state index in [9.17, 15) is 4.79 Å². The topological polar surface area (TPSA) is 104 Å². The molecule has 9 heteroatoms. The van der Waals surface area contributed by atoms with Crippen LogP contribution in [0.2, 0.25) is 0 Å². The van der Waals surface area contributed by atoms with E-state index in [1.54, 1.807) is 4.68 Å². The third-order valence-electron chi connectivity index (χ3n) is 3.90. The van der Waals surface area contributed by atoms with Gasteiger partial charge < -0.3 is 11.2 Å². The summed E-state index contributed by atoms with van der Waals surface area (Å²) >= 11 is 1.28. The van der Waals surface area contributed by atoms with E-state index in [-0.39, 0.29) is 11.7 Å². The molecule has 23 heavy (non-hydrogen) atoms. The molecular formula is C14H21N7OS. The molecule has 3 rings (SSSR count). The first-order valence-corrected chi connectivity index (χ1v) is 8.69. The molecule has 1 fully saturated rings. The molecule has 0 unspecified atom stereocenters. The van der Waals surface area contributed by atoms with Gasteiger partial charge in [-0.15, -0.1) is 10.2 Å². The highest BCUT2D eigenvalue weighted by Crippen LogP contribution is 2.19. The van der Waals surface area contributed by atoms with Crippen molar-refractivity contribution in [2.45, 2.75) is 50.7 Å². The zero-order chi connectivity index (χ0) is 16.4. The first-order valence-electron chi connectivity index (χ1n) is 7.71. The predicted octanol–water partition coefficient (Wildman–Crippen LogP) is 0.945. The summed E-state index contributed by atoms with van der Waals surface area (Å²) in [7, 11) is 0. The highest BCUT2D eigenvalue weighted by atomic mass is 32.2. The molecule has 2 aromatic heterocycles. The van der Waals surface area contributed by atoms with Crippen LogP contribution < -0.4 is 11.2 Å². The Hall–Kier alpha value is -2.03. The van der Waals surface area contributed by atoms with Crippen LogP contribution in [0.1, 0.15) is 37.1 Å². The van der Waals surface area contributed by atoms with Gasteiger partial charge in [0.15, 0.2) is 0 Å². The molecule has 2 heterocycles. The van der Waals surface area contributed by atoms with Gasteiger partial charge in [0.1, 0.15) is 0 Å². The number of nitrogen functional groups attached to an aromatic ring is 1. The van der Waals surface area contributed by atoms with Crippen molar-refractivity contribution in [2.24, 2.45) is 0 Å². The smallest absolute Gasteiger partial charge is 0.271 e. The van der Waals surface area contributed by atoms with Gasteiger partial charge >= 0.3 is 0 Å². The lowest BCUT2D eigenvalue weighted by Gasteiger charge is -2.11. The van der Waals surface area contributed by atoms with Crippen LogP contribution in [-0.4, -0.2) is 42.4 Å². The maximum atomic E-state index is 12.0. The summed E-state index contributed by atoms with van der Waals surface area (Å²) in [5, 5.41) is 16.0. The normalized spacial score (nSPS) is 15.2. The zero-order valence-electron chi connectivity index (χ0n) is 13.3. The van der Waals surface area contributed by atoms with Crippen molar-refractivity contribution in [3.05, 3.63) is 17.5 Å². The minimum absolute atomic E-state index is 0.0116. The van der Waals surface area contributed by atoms with Gasteiger partial charge in [0.25, 0.3) is 5.95 Å². The fourth-order valence-corrected chi connectivity index (χ4v) is 3.48. The summed E-state index contributed by atoms with van der Waals surface area (Å²) in [6.45, 7) is 3.83. The fraction of sp³-hybridized carbons (Fsp3) is 0.571. The predicted molar refractivity (Wildman–Crippen MR) is 87.9 cm³/mol. The second-order valence-electron chi connectivity index (χ2n) is 5.83. The van der Waals surface area contributed by atoms with Crippen molar-refractivity contribution < 1.29 is 4.79 Å². The van der Waals surface area contributed by atoms with Crippen LogP contribution in [0.5, 0.6) is 0 Å². The number of carbonyl (C=O) groups is 1. The van der Waals surface area contributed by atoms with Crippen molar-refractivity contribution in [1.82, 2.24) is 30.0 Å². The highest BCUT2D eigenvalue weighted by molar-refractivity contribution is 7.99. The number of hydrogen-bond acceptors (Lipinski definition) is 6. The van der Waals surface area contributed by atoms with E-state index in [1.165, 1.54) is 29.3 Å². The summed E-state index contributed by atoms with van der Waals surface area (Å²) in [4.78, 5) is 12.0. The molecule has 1 aliphatic rings. The summed E-state index contributed by atoms with van der Waals surface area (Å²) in [5.74, 6) is 6.77. The molecule has 0 atom stereocenters. The number of nitrogens with two attached hydrogens (primary N) is 1. The maximum Gasteiger partial charge on any atom is 0.271 e. The number of thioether (sulfide) groups is 1. The minimum Gasteiger partial charge on any atom is -0.353 e. The molecule has 124 valence electrons. The van der Waals surface area contributed by atoms with Crippen LogP contribution in [-0.2, 0) is 4.79 Å². The Morgan fingerprint density at radius 1 is 1.39 bits per heavy atom. The summed E-state index contributed by atoms with van der Waals surface area (Å²) in [6.07, 6.45) is 4.54. The van der Waals surface area contributed by atoms with E-state index in [1.807, 2.05) is 19.9 Å². The zero-order valence-corrected chi connectivity index (χ0v) is 14.1. The Morgan fingerprint density at radius 2 is 2.13 bits per heavy atom. The first kappa shape index (κ1) is 15.9. The third-order valence-corrected chi connectivity index (χ3v) is 4.84. The summed E-state index contributed by atoms with van der Waals surface area (Å²) < 4.78 is 3.01.